The van der Waals surface area contributed by atoms with Gasteiger partial charge in [0, 0.05) is 29.1 Å². The van der Waals surface area contributed by atoms with Crippen molar-refractivity contribution in [1.82, 2.24) is 4.98 Å². The number of nitrogens with zero attached hydrogens (tertiary/aromatic N) is 1. The van der Waals surface area contributed by atoms with Crippen LogP contribution in [0.4, 0.5) is 8.78 Å². The van der Waals surface area contributed by atoms with Crippen molar-refractivity contribution in [1.29, 1.82) is 5.26 Å². The van der Waals surface area contributed by atoms with Crippen molar-refractivity contribution in [2.45, 2.75) is 12.8 Å². The summed E-state index contributed by atoms with van der Waals surface area (Å²) in [4.78, 5) is 15.0. The summed E-state index contributed by atoms with van der Waals surface area (Å²) < 4.78 is 28.5. The van der Waals surface area contributed by atoms with E-state index >= 15 is 0 Å². The Balaban J connectivity index is 2.13. The molecule has 6 heteroatoms. The van der Waals surface area contributed by atoms with E-state index in [2.05, 4.69) is 9.72 Å². The molecule has 20 heavy (non-hydrogen) atoms. The lowest BCUT2D eigenvalue weighted by molar-refractivity contribution is 0.0170. The van der Waals surface area contributed by atoms with Crippen LogP contribution in [0.2, 0.25) is 0 Å². The van der Waals surface area contributed by atoms with Gasteiger partial charge in [-0.2, -0.15) is 5.26 Å². The highest BCUT2D eigenvalue weighted by Gasteiger charge is 2.15. The number of nitriles is 1. The lowest BCUT2D eigenvalue weighted by Crippen LogP contribution is -2.09. The van der Waals surface area contributed by atoms with E-state index in [1.165, 1.54) is 6.20 Å². The first-order valence-corrected chi connectivity index (χ1v) is 6.02. The van der Waals surface area contributed by atoms with Crippen LogP contribution in [-0.4, -0.2) is 30.4 Å². The Morgan fingerprint density at radius 1 is 1.45 bits per heavy atom. The molecule has 2 rings (SSSR count). The van der Waals surface area contributed by atoms with E-state index in [9.17, 15) is 13.6 Å². The smallest absolute Gasteiger partial charge is 0.261 e. The molecule has 0 saturated heterocycles. The molecule has 4 nitrogen and oxygen atoms in total. The van der Waals surface area contributed by atoms with Crippen LogP contribution < -0.4 is 0 Å². The summed E-state index contributed by atoms with van der Waals surface area (Å²) >= 11 is 0. The minimum absolute atomic E-state index is 0.000559. The molecule has 1 aromatic carbocycles. The van der Waals surface area contributed by atoms with Crippen molar-refractivity contribution in [2.24, 2.45) is 0 Å². The molecule has 0 aliphatic rings. The Morgan fingerprint density at radius 2 is 2.25 bits per heavy atom. The molecule has 0 amide bonds. The van der Waals surface area contributed by atoms with Crippen molar-refractivity contribution in [3.63, 3.8) is 0 Å². The second kappa shape index (κ2) is 6.26. The molecule has 0 fully saturated rings. The molecule has 0 unspecified atom stereocenters. The van der Waals surface area contributed by atoms with Crippen molar-refractivity contribution in [2.75, 3.05) is 13.2 Å². The molecule has 2 aromatic rings. The van der Waals surface area contributed by atoms with Gasteiger partial charge in [-0.25, -0.2) is 8.78 Å². The Labute approximate surface area is 114 Å². The zero-order valence-corrected chi connectivity index (χ0v) is 10.5. The second-order valence-corrected chi connectivity index (χ2v) is 4.18. The van der Waals surface area contributed by atoms with Crippen LogP contribution in [0.15, 0.2) is 24.4 Å². The average Bonchev–Trinajstić information content (AvgIpc) is 2.87. The molecule has 0 bridgehead atoms. The first-order valence-electron chi connectivity index (χ1n) is 6.02. The van der Waals surface area contributed by atoms with E-state index in [1.54, 1.807) is 18.2 Å². The summed E-state index contributed by atoms with van der Waals surface area (Å²) in [6.07, 6.45) is -1.01. The van der Waals surface area contributed by atoms with Crippen LogP contribution >= 0.6 is 0 Å². The van der Waals surface area contributed by atoms with Crippen LogP contribution in [0.5, 0.6) is 0 Å². The van der Waals surface area contributed by atoms with Gasteiger partial charge in [0.2, 0.25) is 0 Å². The summed E-state index contributed by atoms with van der Waals surface area (Å²) in [6, 6.07) is 7.14. The van der Waals surface area contributed by atoms with Gasteiger partial charge >= 0.3 is 0 Å². The molecule has 0 radical (unpaired) electrons. The van der Waals surface area contributed by atoms with Gasteiger partial charge in [0.1, 0.15) is 6.61 Å². The maximum absolute atomic E-state index is 12.0. The molecule has 0 spiro atoms. The first kappa shape index (κ1) is 14.2. The lowest BCUT2D eigenvalue weighted by atomic mass is 10.0. The number of ketones is 1. The van der Waals surface area contributed by atoms with Gasteiger partial charge in [-0.1, -0.05) is 6.07 Å². The highest BCUT2D eigenvalue weighted by molar-refractivity contribution is 6.09. The summed E-state index contributed by atoms with van der Waals surface area (Å²) in [5.74, 6) is -0.242. The molecular weight excluding hydrogens is 266 g/mol. The van der Waals surface area contributed by atoms with Gasteiger partial charge in [0.05, 0.1) is 18.2 Å². The van der Waals surface area contributed by atoms with E-state index in [0.717, 1.165) is 0 Å². The van der Waals surface area contributed by atoms with E-state index in [1.807, 2.05) is 6.07 Å². The Bertz CT molecular complexity index is 659. The van der Waals surface area contributed by atoms with Gasteiger partial charge in [-0.05, 0) is 12.1 Å². The zero-order valence-electron chi connectivity index (χ0n) is 10.5. The molecule has 1 aromatic heterocycles. The summed E-state index contributed by atoms with van der Waals surface area (Å²) in [6.45, 7) is -0.741. The number of alkyl halides is 2. The lowest BCUT2D eigenvalue weighted by Gasteiger charge is -2.03. The van der Waals surface area contributed by atoms with Gasteiger partial charge in [-0.3, -0.25) is 4.79 Å². The summed E-state index contributed by atoms with van der Waals surface area (Å²) in [5.41, 5.74) is 1.49. The number of hydrogen-bond acceptors (Lipinski definition) is 3. The van der Waals surface area contributed by atoms with E-state index in [4.69, 9.17) is 5.26 Å². The number of H-pyrrole nitrogens is 1. The molecule has 1 N–H and O–H groups in total. The topological polar surface area (TPSA) is 65.9 Å². The van der Waals surface area contributed by atoms with Crippen LogP contribution in [0.25, 0.3) is 10.9 Å². The fourth-order valence-corrected chi connectivity index (χ4v) is 1.97. The SMILES string of the molecule is N#Cc1cccc2[nH]cc(C(=O)CCOCC(F)F)c12. The standard InChI is InChI=1S/C14H12F2N2O2/c15-13(16)8-20-5-4-12(19)10-7-18-11-3-1-2-9(6-17)14(10)11/h1-3,7,13,18H,4-5,8H2. The van der Waals surface area contributed by atoms with Crippen molar-refractivity contribution >= 4 is 16.7 Å². The molecule has 1 heterocycles. The number of rotatable bonds is 6. The number of halogens is 2. The average molecular weight is 278 g/mol. The first-order chi connectivity index (χ1) is 9.63. The third-order valence-corrected chi connectivity index (χ3v) is 2.84. The minimum atomic E-state index is -2.54. The zero-order chi connectivity index (χ0) is 14.5. The second-order valence-electron chi connectivity index (χ2n) is 4.18. The van der Waals surface area contributed by atoms with Crippen LogP contribution in [-0.2, 0) is 4.74 Å². The van der Waals surface area contributed by atoms with Gasteiger partial charge < -0.3 is 9.72 Å². The monoisotopic (exact) mass is 278 g/mol. The molecule has 0 saturated carbocycles. The predicted molar refractivity (Wildman–Crippen MR) is 68.8 cm³/mol. The number of carbonyl (C=O) groups is 1. The normalized spacial score (nSPS) is 10.9. The molecule has 0 aliphatic heterocycles. The number of aromatic amines is 1. The van der Waals surface area contributed by atoms with Crippen LogP contribution in [0.3, 0.4) is 0 Å². The molecule has 0 atom stereocenters. The Hall–Kier alpha value is -2.26. The van der Waals surface area contributed by atoms with Crippen LogP contribution in [0, 0.1) is 11.3 Å². The largest absolute Gasteiger partial charge is 0.375 e. The Kier molecular flexibility index (Phi) is 4.43. The number of Topliss-reactive ketones (excluding diaryl/α,β-unsaturated/α-hetero) is 1. The highest BCUT2D eigenvalue weighted by Crippen LogP contribution is 2.23. The number of aromatic nitrogens is 1. The fraction of sp³-hybridized carbons (Fsp3) is 0.286. The number of benzene rings is 1. The third-order valence-electron chi connectivity index (χ3n) is 2.84. The fourth-order valence-electron chi connectivity index (χ4n) is 1.97. The summed E-state index contributed by atoms with van der Waals surface area (Å²) in [5, 5.41) is 9.62. The quantitative estimate of drug-likeness (QED) is 0.652. The minimum Gasteiger partial charge on any atom is -0.375 e. The molecule has 0 aliphatic carbocycles. The van der Waals surface area contributed by atoms with Crippen molar-refractivity contribution in [3.05, 3.63) is 35.5 Å². The van der Waals surface area contributed by atoms with Gasteiger partial charge in [0.25, 0.3) is 6.43 Å². The maximum Gasteiger partial charge on any atom is 0.261 e. The third kappa shape index (κ3) is 3.00. The molecule has 104 valence electrons. The van der Waals surface area contributed by atoms with Crippen LogP contribution in [0.1, 0.15) is 22.3 Å². The van der Waals surface area contributed by atoms with Gasteiger partial charge in [0.15, 0.2) is 5.78 Å². The van der Waals surface area contributed by atoms with Crippen molar-refractivity contribution < 1.29 is 18.3 Å². The predicted octanol–water partition coefficient (Wildman–Crippen LogP) is 2.89. The number of fused-ring (bicyclic) bond motifs is 1. The van der Waals surface area contributed by atoms with E-state index in [0.29, 0.717) is 22.0 Å². The van der Waals surface area contributed by atoms with Crippen molar-refractivity contribution in [3.8, 4) is 6.07 Å². The number of carbonyl (C=O) groups excluding carboxylic acids is 1. The van der Waals surface area contributed by atoms with Gasteiger partial charge in [-0.15, -0.1) is 0 Å². The molecular formula is C14H12F2N2O2. The summed E-state index contributed by atoms with van der Waals surface area (Å²) in [7, 11) is 0. The maximum atomic E-state index is 12.0. The van der Waals surface area contributed by atoms with E-state index in [-0.39, 0.29) is 18.8 Å². The Morgan fingerprint density at radius 3 is 2.95 bits per heavy atom. The number of nitrogens with one attached hydrogen (secondary N) is 1. The van der Waals surface area contributed by atoms with E-state index < -0.39 is 13.0 Å². The highest BCUT2D eigenvalue weighted by atomic mass is 19.3. The number of ether oxygens (including phenoxy) is 1. The number of hydrogen-bond donors (Lipinski definition) is 1.